The Labute approximate surface area is 169 Å². The summed E-state index contributed by atoms with van der Waals surface area (Å²) >= 11 is 0. The number of unbranched alkanes of at least 4 members (excludes halogenated alkanes) is 2. The molecule has 0 aliphatic carbocycles. The number of hydrogen-bond donors (Lipinski definition) is 0. The molecule has 10 heteroatoms. The van der Waals surface area contributed by atoms with Crippen molar-refractivity contribution in [3.63, 3.8) is 0 Å². The minimum atomic E-state index is -3.24. The van der Waals surface area contributed by atoms with Crippen molar-refractivity contribution in [2.24, 2.45) is 0 Å². The summed E-state index contributed by atoms with van der Waals surface area (Å²) in [6.07, 6.45) is 3.11. The Balaban J connectivity index is 5.81. The van der Waals surface area contributed by atoms with Crippen molar-refractivity contribution in [1.29, 1.82) is 0 Å². The molecule has 0 atom stereocenters. The zero-order valence-corrected chi connectivity index (χ0v) is 19.9. The van der Waals surface area contributed by atoms with Crippen molar-refractivity contribution < 1.29 is 36.9 Å². The van der Waals surface area contributed by atoms with Gasteiger partial charge in [-0.05, 0) is 12.8 Å². The van der Waals surface area contributed by atoms with Crippen LogP contribution in [0.15, 0.2) is 0 Å². The quantitative estimate of drug-likeness (QED) is 0.404. The molecular weight excluding hydrogens is 400 g/mol. The standard InChI is InChI=1S/C18H34O8Si2/c1-7-9-11-27(23-15(3)19,24-16(4)20)13-14-28(12-10-8-2,25-17(5)21)26-18(6)22/h7-14H2,1-6H3. The molecule has 0 amide bonds. The van der Waals surface area contributed by atoms with E-state index in [1.54, 1.807) is 0 Å². The number of carbonyl (C=O) groups excluding carboxylic acids is 4. The van der Waals surface area contributed by atoms with Crippen molar-refractivity contribution in [1.82, 2.24) is 0 Å². The van der Waals surface area contributed by atoms with Gasteiger partial charge in [0.2, 0.25) is 0 Å². The lowest BCUT2D eigenvalue weighted by molar-refractivity contribution is -0.141. The first-order valence-electron chi connectivity index (χ1n) is 9.78. The molecule has 0 saturated carbocycles. The summed E-state index contributed by atoms with van der Waals surface area (Å²) in [5.74, 6) is -2.09. The molecule has 0 fully saturated rings. The smallest absolute Gasteiger partial charge is 0.464 e. The Morgan fingerprint density at radius 2 is 0.786 bits per heavy atom. The summed E-state index contributed by atoms with van der Waals surface area (Å²) in [4.78, 5) is 46.9. The van der Waals surface area contributed by atoms with Crippen LogP contribution < -0.4 is 0 Å². The molecule has 8 nitrogen and oxygen atoms in total. The minimum Gasteiger partial charge on any atom is -0.485 e. The average Bonchev–Trinajstić information content (AvgIpc) is 2.54. The van der Waals surface area contributed by atoms with Crippen molar-refractivity contribution in [3.05, 3.63) is 0 Å². The molecule has 0 aromatic rings. The topological polar surface area (TPSA) is 105 Å². The lowest BCUT2D eigenvalue weighted by Gasteiger charge is -2.33. The highest BCUT2D eigenvalue weighted by molar-refractivity contribution is 6.75. The predicted molar refractivity (Wildman–Crippen MR) is 108 cm³/mol. The third-order valence-electron chi connectivity index (χ3n) is 4.03. The van der Waals surface area contributed by atoms with Crippen LogP contribution >= 0.6 is 0 Å². The second-order valence-electron chi connectivity index (χ2n) is 6.90. The van der Waals surface area contributed by atoms with Gasteiger partial charge in [-0.3, -0.25) is 19.2 Å². The van der Waals surface area contributed by atoms with Crippen LogP contribution in [0.5, 0.6) is 0 Å². The summed E-state index contributed by atoms with van der Waals surface area (Å²) < 4.78 is 22.2. The molecular formula is C18H34O8Si2. The molecule has 0 N–H and O–H groups in total. The van der Waals surface area contributed by atoms with Gasteiger partial charge in [0.05, 0.1) is 0 Å². The molecule has 0 radical (unpaired) electrons. The second-order valence-corrected chi connectivity index (χ2v) is 13.4. The van der Waals surface area contributed by atoms with Crippen LogP contribution in [0.1, 0.15) is 67.2 Å². The maximum absolute atomic E-state index is 11.7. The van der Waals surface area contributed by atoms with Crippen LogP contribution in [0.3, 0.4) is 0 Å². The third-order valence-corrected chi connectivity index (χ3v) is 11.4. The zero-order chi connectivity index (χ0) is 21.8. The predicted octanol–water partition coefficient (Wildman–Crippen LogP) is 3.72. The largest absolute Gasteiger partial charge is 0.485 e. The molecule has 0 unspecified atom stereocenters. The van der Waals surface area contributed by atoms with Crippen LogP contribution in [0.25, 0.3) is 0 Å². The first kappa shape index (κ1) is 26.3. The molecule has 0 saturated heterocycles. The van der Waals surface area contributed by atoms with Gasteiger partial charge in [-0.1, -0.05) is 26.7 Å². The van der Waals surface area contributed by atoms with Gasteiger partial charge >= 0.3 is 17.1 Å². The monoisotopic (exact) mass is 434 g/mol. The van der Waals surface area contributed by atoms with Crippen LogP contribution in [0, 0.1) is 0 Å². The van der Waals surface area contributed by atoms with E-state index in [-0.39, 0.29) is 12.1 Å². The van der Waals surface area contributed by atoms with Gasteiger partial charge in [0.25, 0.3) is 23.9 Å². The zero-order valence-electron chi connectivity index (χ0n) is 17.9. The van der Waals surface area contributed by atoms with E-state index in [2.05, 4.69) is 0 Å². The van der Waals surface area contributed by atoms with Gasteiger partial charge < -0.3 is 17.7 Å². The molecule has 0 aromatic heterocycles. The molecule has 0 spiro atoms. The first-order valence-corrected chi connectivity index (χ1v) is 14.2. The molecule has 0 heterocycles. The number of carbonyl (C=O) groups is 4. The van der Waals surface area contributed by atoms with Crippen LogP contribution in [0.4, 0.5) is 0 Å². The van der Waals surface area contributed by atoms with Crippen molar-refractivity contribution in [3.8, 4) is 0 Å². The van der Waals surface area contributed by atoms with Gasteiger partial charge in [-0.2, -0.15) is 0 Å². The van der Waals surface area contributed by atoms with Gasteiger partial charge in [0.1, 0.15) is 0 Å². The SMILES string of the molecule is CCCC[Si](CC[Si](CCCC)(OC(C)=O)OC(C)=O)(OC(C)=O)OC(C)=O. The Morgan fingerprint density at radius 1 is 0.536 bits per heavy atom. The van der Waals surface area contributed by atoms with Crippen LogP contribution in [-0.4, -0.2) is 41.0 Å². The van der Waals surface area contributed by atoms with E-state index in [0.717, 1.165) is 25.7 Å². The highest BCUT2D eigenvalue weighted by atomic mass is 28.4. The van der Waals surface area contributed by atoms with Gasteiger partial charge in [-0.15, -0.1) is 0 Å². The minimum absolute atomic E-state index is 0.225. The normalized spacial score (nSPS) is 11.5. The molecule has 0 aliphatic rings. The van der Waals surface area contributed by atoms with Gasteiger partial charge in [0.15, 0.2) is 0 Å². The molecule has 0 rings (SSSR count). The average molecular weight is 435 g/mol. The van der Waals surface area contributed by atoms with Crippen LogP contribution in [-0.2, 0) is 36.9 Å². The highest BCUT2D eigenvalue weighted by Gasteiger charge is 2.50. The summed E-state index contributed by atoms with van der Waals surface area (Å²) in [6.45, 7) is 9.07. The summed E-state index contributed by atoms with van der Waals surface area (Å²) in [6, 6.07) is 1.34. The number of rotatable bonds is 13. The fourth-order valence-corrected chi connectivity index (χ4v) is 11.3. The van der Waals surface area contributed by atoms with E-state index in [4.69, 9.17) is 17.7 Å². The molecule has 0 aromatic carbocycles. The van der Waals surface area contributed by atoms with E-state index in [1.165, 1.54) is 27.7 Å². The third kappa shape index (κ3) is 10.6. The van der Waals surface area contributed by atoms with E-state index in [1.807, 2.05) is 13.8 Å². The second kappa shape index (κ2) is 12.7. The Bertz CT molecular complexity index is 470. The lowest BCUT2D eigenvalue weighted by atomic mass is 10.4. The summed E-state index contributed by atoms with van der Waals surface area (Å²) in [7, 11) is -6.48. The van der Waals surface area contributed by atoms with Gasteiger partial charge in [-0.25, -0.2) is 0 Å². The molecule has 0 aliphatic heterocycles. The van der Waals surface area contributed by atoms with E-state index < -0.39 is 41.0 Å². The summed E-state index contributed by atoms with van der Waals surface area (Å²) in [5, 5.41) is 0. The lowest BCUT2D eigenvalue weighted by Crippen LogP contribution is -2.50. The Kier molecular flexibility index (Phi) is 11.9. The van der Waals surface area contributed by atoms with E-state index in [0.29, 0.717) is 12.1 Å². The fraction of sp³-hybridized carbons (Fsp3) is 0.778. The van der Waals surface area contributed by atoms with Crippen molar-refractivity contribution >= 4 is 41.0 Å². The Morgan fingerprint density at radius 3 is 0.964 bits per heavy atom. The maximum atomic E-state index is 11.7. The van der Waals surface area contributed by atoms with E-state index >= 15 is 0 Å². The fourth-order valence-electron chi connectivity index (χ4n) is 3.02. The van der Waals surface area contributed by atoms with E-state index in [9.17, 15) is 19.2 Å². The molecule has 28 heavy (non-hydrogen) atoms. The van der Waals surface area contributed by atoms with Crippen LogP contribution in [0.2, 0.25) is 24.2 Å². The number of hydrogen-bond acceptors (Lipinski definition) is 8. The van der Waals surface area contributed by atoms with Crippen molar-refractivity contribution in [2.45, 2.75) is 91.4 Å². The maximum Gasteiger partial charge on any atom is 0.464 e. The summed E-state index contributed by atoms with van der Waals surface area (Å²) in [5.41, 5.74) is 0. The Hall–Kier alpha value is -1.69. The molecule has 162 valence electrons. The first-order chi connectivity index (χ1) is 13.0. The van der Waals surface area contributed by atoms with Gasteiger partial charge in [0, 0.05) is 51.9 Å². The molecule has 0 bridgehead atoms. The van der Waals surface area contributed by atoms with Crippen molar-refractivity contribution in [2.75, 3.05) is 0 Å². The highest BCUT2D eigenvalue weighted by Crippen LogP contribution is 2.32.